The summed E-state index contributed by atoms with van der Waals surface area (Å²) in [5.74, 6) is 7.29. The van der Waals surface area contributed by atoms with E-state index < -0.39 is 0 Å². The van der Waals surface area contributed by atoms with Gasteiger partial charge in [-0.05, 0) is 12.3 Å². The molecular formula is C13H22N6O. The van der Waals surface area contributed by atoms with Gasteiger partial charge < -0.3 is 19.9 Å². The van der Waals surface area contributed by atoms with Crippen LogP contribution in [0.2, 0.25) is 0 Å². The molecule has 20 heavy (non-hydrogen) atoms. The van der Waals surface area contributed by atoms with Crippen LogP contribution in [0.25, 0.3) is 5.65 Å². The van der Waals surface area contributed by atoms with Gasteiger partial charge in [0.2, 0.25) is 0 Å². The summed E-state index contributed by atoms with van der Waals surface area (Å²) in [7, 11) is 0. The maximum Gasteiger partial charge on any atom is 0.180 e. The lowest BCUT2D eigenvalue weighted by Gasteiger charge is -2.10. The molecule has 0 aliphatic rings. The molecule has 0 spiro atoms. The van der Waals surface area contributed by atoms with E-state index in [9.17, 15) is 0 Å². The lowest BCUT2D eigenvalue weighted by molar-refractivity contribution is 0.110. The number of ether oxygens (including phenoxy) is 1. The first-order chi connectivity index (χ1) is 9.70. The zero-order valence-electron chi connectivity index (χ0n) is 12.0. The Hall–Kier alpha value is -1.86. The quantitative estimate of drug-likeness (QED) is 0.385. The van der Waals surface area contributed by atoms with Gasteiger partial charge >= 0.3 is 0 Å². The number of rotatable bonds is 8. The molecule has 0 aliphatic heterocycles. The Balaban J connectivity index is 1.87. The van der Waals surface area contributed by atoms with Crippen molar-refractivity contribution >= 4 is 17.3 Å². The molecule has 2 aromatic rings. The number of hydrazine groups is 1. The monoisotopic (exact) mass is 278 g/mol. The summed E-state index contributed by atoms with van der Waals surface area (Å²) in [6, 6.07) is 0. The average molecular weight is 278 g/mol. The number of nitrogens with two attached hydrogens (primary N) is 1. The summed E-state index contributed by atoms with van der Waals surface area (Å²) in [5.41, 5.74) is 3.33. The van der Waals surface area contributed by atoms with Crippen LogP contribution in [0.5, 0.6) is 0 Å². The highest BCUT2D eigenvalue weighted by molar-refractivity contribution is 5.65. The van der Waals surface area contributed by atoms with Gasteiger partial charge in [-0.2, -0.15) is 0 Å². The summed E-state index contributed by atoms with van der Waals surface area (Å²) < 4.78 is 7.41. The minimum Gasteiger partial charge on any atom is -0.381 e. The van der Waals surface area contributed by atoms with Crippen LogP contribution >= 0.6 is 0 Å². The van der Waals surface area contributed by atoms with Crippen LogP contribution in [0.4, 0.5) is 11.6 Å². The first kappa shape index (κ1) is 14.5. The highest BCUT2D eigenvalue weighted by atomic mass is 16.5. The third-order valence-corrected chi connectivity index (χ3v) is 2.73. The molecule has 0 unspecified atom stereocenters. The number of nitrogens with zero attached hydrogens (tertiary/aromatic N) is 3. The summed E-state index contributed by atoms with van der Waals surface area (Å²) in [6.07, 6.45) is 6.30. The molecule has 0 bridgehead atoms. The fourth-order valence-electron chi connectivity index (χ4n) is 1.82. The fourth-order valence-corrected chi connectivity index (χ4v) is 1.82. The Kier molecular flexibility index (Phi) is 5.14. The first-order valence-electron chi connectivity index (χ1n) is 6.82. The number of nitrogen functional groups attached to an aromatic ring is 1. The summed E-state index contributed by atoms with van der Waals surface area (Å²) in [4.78, 5) is 8.64. The Morgan fingerprint density at radius 1 is 1.45 bits per heavy atom. The van der Waals surface area contributed by atoms with E-state index >= 15 is 0 Å². The third kappa shape index (κ3) is 3.82. The molecule has 0 radical (unpaired) electrons. The van der Waals surface area contributed by atoms with Crippen LogP contribution in [0.3, 0.4) is 0 Å². The molecule has 0 amide bonds. The molecule has 7 heteroatoms. The van der Waals surface area contributed by atoms with Crippen molar-refractivity contribution in [3.05, 3.63) is 18.6 Å². The minimum absolute atomic E-state index is 0.571. The number of fused-ring (bicyclic) bond motifs is 1. The van der Waals surface area contributed by atoms with Gasteiger partial charge in [0.25, 0.3) is 0 Å². The van der Waals surface area contributed by atoms with Crippen molar-refractivity contribution in [1.82, 2.24) is 14.4 Å². The number of anilines is 2. The van der Waals surface area contributed by atoms with Crippen molar-refractivity contribution in [1.29, 1.82) is 0 Å². The van der Waals surface area contributed by atoms with Gasteiger partial charge in [-0.15, -0.1) is 0 Å². The van der Waals surface area contributed by atoms with Gasteiger partial charge in [0.05, 0.1) is 6.20 Å². The molecular weight excluding hydrogens is 256 g/mol. The Labute approximate surface area is 118 Å². The standard InChI is InChI=1S/C13H22N6O/c1-10(2)9-20-7-3-4-15-12-13-16-5-6-19(13)8-11(17-12)18-14/h5-6,8,10,18H,3-4,7,9,14H2,1-2H3,(H,15,17). The van der Waals surface area contributed by atoms with Gasteiger partial charge in [0.1, 0.15) is 0 Å². The molecule has 7 nitrogen and oxygen atoms in total. The van der Waals surface area contributed by atoms with Crippen molar-refractivity contribution in [2.24, 2.45) is 11.8 Å². The minimum atomic E-state index is 0.571. The van der Waals surface area contributed by atoms with Crippen LogP contribution < -0.4 is 16.6 Å². The van der Waals surface area contributed by atoms with E-state index in [4.69, 9.17) is 10.6 Å². The van der Waals surface area contributed by atoms with E-state index in [0.717, 1.165) is 31.8 Å². The van der Waals surface area contributed by atoms with Gasteiger partial charge in [-0.3, -0.25) is 0 Å². The second kappa shape index (κ2) is 7.06. The van der Waals surface area contributed by atoms with Crippen LogP contribution in [-0.2, 0) is 4.74 Å². The zero-order chi connectivity index (χ0) is 14.4. The fraction of sp³-hybridized carbons (Fsp3) is 0.538. The smallest absolute Gasteiger partial charge is 0.180 e. The highest BCUT2D eigenvalue weighted by Gasteiger charge is 2.06. The normalized spacial score (nSPS) is 11.2. The van der Waals surface area contributed by atoms with Gasteiger partial charge in [0, 0.05) is 32.2 Å². The van der Waals surface area contributed by atoms with Crippen LogP contribution in [0.1, 0.15) is 20.3 Å². The van der Waals surface area contributed by atoms with E-state index in [-0.39, 0.29) is 0 Å². The molecule has 0 saturated heterocycles. The Morgan fingerprint density at radius 3 is 3.05 bits per heavy atom. The van der Waals surface area contributed by atoms with Crippen LogP contribution in [-0.4, -0.2) is 34.1 Å². The van der Waals surface area contributed by atoms with E-state index in [2.05, 4.69) is 34.6 Å². The van der Waals surface area contributed by atoms with E-state index in [1.165, 1.54) is 0 Å². The molecule has 110 valence electrons. The SMILES string of the molecule is CC(C)COCCCNc1nc(NN)cn2ccnc12. The van der Waals surface area contributed by atoms with Crippen molar-refractivity contribution < 1.29 is 4.74 Å². The zero-order valence-corrected chi connectivity index (χ0v) is 12.0. The van der Waals surface area contributed by atoms with Gasteiger partial charge in [-0.25, -0.2) is 15.8 Å². The molecule has 0 aliphatic carbocycles. The molecule has 0 aromatic carbocycles. The maximum atomic E-state index is 5.54. The molecule has 4 N–H and O–H groups in total. The predicted molar refractivity (Wildman–Crippen MR) is 79.6 cm³/mol. The second-order valence-corrected chi connectivity index (χ2v) is 5.03. The lowest BCUT2D eigenvalue weighted by Crippen LogP contribution is -2.13. The van der Waals surface area contributed by atoms with E-state index in [0.29, 0.717) is 17.6 Å². The van der Waals surface area contributed by atoms with Gasteiger partial charge in [0.15, 0.2) is 17.3 Å². The number of imidazole rings is 1. The number of aromatic nitrogens is 3. The number of hydrogen-bond donors (Lipinski definition) is 3. The molecule has 0 saturated carbocycles. The average Bonchev–Trinajstić information content (AvgIpc) is 2.90. The lowest BCUT2D eigenvalue weighted by atomic mass is 10.2. The Morgan fingerprint density at radius 2 is 2.30 bits per heavy atom. The molecule has 0 fully saturated rings. The van der Waals surface area contributed by atoms with Crippen molar-refractivity contribution in [2.75, 3.05) is 30.5 Å². The molecule has 0 atom stereocenters. The second-order valence-electron chi connectivity index (χ2n) is 5.03. The largest absolute Gasteiger partial charge is 0.381 e. The highest BCUT2D eigenvalue weighted by Crippen LogP contribution is 2.15. The van der Waals surface area contributed by atoms with E-state index in [1.807, 2.05) is 10.6 Å². The summed E-state index contributed by atoms with van der Waals surface area (Å²) in [5, 5.41) is 3.27. The van der Waals surface area contributed by atoms with Crippen LogP contribution in [0.15, 0.2) is 18.6 Å². The topological polar surface area (TPSA) is 89.5 Å². The molecule has 2 rings (SSSR count). The molecule has 2 heterocycles. The first-order valence-corrected chi connectivity index (χ1v) is 6.82. The van der Waals surface area contributed by atoms with Crippen molar-refractivity contribution in [3.8, 4) is 0 Å². The number of hydrogen-bond acceptors (Lipinski definition) is 6. The summed E-state index contributed by atoms with van der Waals surface area (Å²) >= 11 is 0. The van der Waals surface area contributed by atoms with Gasteiger partial charge in [-0.1, -0.05) is 13.8 Å². The summed E-state index contributed by atoms with van der Waals surface area (Å²) in [6.45, 7) is 6.60. The molecule has 2 aromatic heterocycles. The van der Waals surface area contributed by atoms with Crippen molar-refractivity contribution in [3.63, 3.8) is 0 Å². The Bertz CT molecular complexity index is 539. The van der Waals surface area contributed by atoms with Crippen LogP contribution in [0, 0.1) is 5.92 Å². The maximum absolute atomic E-state index is 5.54. The predicted octanol–water partition coefficient (Wildman–Crippen LogP) is 1.49. The van der Waals surface area contributed by atoms with E-state index in [1.54, 1.807) is 12.4 Å². The van der Waals surface area contributed by atoms with Crippen molar-refractivity contribution in [2.45, 2.75) is 20.3 Å². The number of nitrogens with one attached hydrogen (secondary N) is 2. The third-order valence-electron chi connectivity index (χ3n) is 2.73.